The van der Waals surface area contributed by atoms with Gasteiger partial charge in [-0.25, -0.2) is 0 Å². The summed E-state index contributed by atoms with van der Waals surface area (Å²) in [6, 6.07) is 0. The van der Waals surface area contributed by atoms with Crippen LogP contribution in [0.3, 0.4) is 0 Å². The van der Waals surface area contributed by atoms with Gasteiger partial charge in [-0.2, -0.15) is 0 Å². The van der Waals surface area contributed by atoms with Gasteiger partial charge in [0, 0.05) is 0 Å². The number of nitrogens with two attached hydrogens (primary N) is 1. The van der Waals surface area contributed by atoms with Crippen molar-refractivity contribution in [1.82, 2.24) is 0 Å². The van der Waals surface area contributed by atoms with Crippen LogP contribution in [0, 0.1) is 0 Å². The zero-order valence-electron chi connectivity index (χ0n) is 16.2. The highest BCUT2D eigenvalue weighted by atomic mass is 16.3. The summed E-state index contributed by atoms with van der Waals surface area (Å²) >= 11 is 0. The van der Waals surface area contributed by atoms with E-state index in [1.54, 1.807) is 6.92 Å². The lowest BCUT2D eigenvalue weighted by atomic mass is 9.90. The minimum atomic E-state index is -1.13. The van der Waals surface area contributed by atoms with Gasteiger partial charge in [0.15, 0.2) is 0 Å². The molecule has 0 rings (SSSR count). The number of hydrogen-bond acceptors (Lipinski definition) is 4. The molecule has 0 heterocycles. The number of hydrogen-bond donors (Lipinski definition) is 4. The molecular formula is C20H43NO3. The number of rotatable bonds is 17. The van der Waals surface area contributed by atoms with Crippen molar-refractivity contribution in [1.29, 1.82) is 0 Å². The van der Waals surface area contributed by atoms with Gasteiger partial charge in [0.1, 0.15) is 0 Å². The summed E-state index contributed by atoms with van der Waals surface area (Å²) in [6.45, 7) is 3.49. The summed E-state index contributed by atoms with van der Waals surface area (Å²) in [5.41, 5.74) is 4.62. The molecule has 0 radical (unpaired) electrons. The Kier molecular flexibility index (Phi) is 15.0. The summed E-state index contributed by atoms with van der Waals surface area (Å²) in [5.74, 6) is 0. The fourth-order valence-electron chi connectivity index (χ4n) is 3.06. The zero-order valence-corrected chi connectivity index (χ0v) is 16.2. The van der Waals surface area contributed by atoms with Crippen LogP contribution in [0.15, 0.2) is 0 Å². The van der Waals surface area contributed by atoms with E-state index in [1.165, 1.54) is 70.6 Å². The molecule has 0 aliphatic carbocycles. The second-order valence-electron chi connectivity index (χ2n) is 7.71. The van der Waals surface area contributed by atoms with Crippen LogP contribution >= 0.6 is 0 Å². The summed E-state index contributed by atoms with van der Waals surface area (Å²) in [7, 11) is 0. The van der Waals surface area contributed by atoms with E-state index in [0.29, 0.717) is 6.42 Å². The van der Waals surface area contributed by atoms with Gasteiger partial charge in [0.05, 0.1) is 24.4 Å². The van der Waals surface area contributed by atoms with E-state index in [2.05, 4.69) is 6.92 Å². The highest BCUT2D eigenvalue weighted by molar-refractivity contribution is 4.90. The molecule has 5 N–H and O–H groups in total. The summed E-state index contributed by atoms with van der Waals surface area (Å²) in [5, 5.41) is 28.9. The third-order valence-corrected chi connectivity index (χ3v) is 4.98. The van der Waals surface area contributed by atoms with Crippen molar-refractivity contribution in [2.45, 2.75) is 121 Å². The van der Waals surface area contributed by atoms with Gasteiger partial charge in [0.2, 0.25) is 0 Å². The fourth-order valence-corrected chi connectivity index (χ4v) is 3.06. The van der Waals surface area contributed by atoms with Crippen LogP contribution in [0.5, 0.6) is 0 Å². The quantitative estimate of drug-likeness (QED) is 0.301. The highest BCUT2D eigenvalue weighted by Crippen LogP contribution is 2.17. The molecule has 0 fully saturated rings. The second-order valence-corrected chi connectivity index (χ2v) is 7.71. The molecule has 0 bridgehead atoms. The molecule has 0 aromatic carbocycles. The fraction of sp³-hybridized carbons (Fsp3) is 1.00. The van der Waals surface area contributed by atoms with Crippen molar-refractivity contribution in [2.24, 2.45) is 5.73 Å². The predicted octanol–water partition coefficient (Wildman–Crippen LogP) is 3.90. The van der Waals surface area contributed by atoms with E-state index in [9.17, 15) is 10.2 Å². The molecule has 0 aliphatic rings. The maximum Gasteiger partial charge on any atom is 0.0997 e. The van der Waals surface area contributed by atoms with E-state index in [0.717, 1.165) is 12.8 Å². The Morgan fingerprint density at radius 3 is 1.50 bits per heavy atom. The first-order valence-corrected chi connectivity index (χ1v) is 10.2. The van der Waals surface area contributed by atoms with Gasteiger partial charge in [-0.1, -0.05) is 90.4 Å². The molecule has 4 nitrogen and oxygen atoms in total. The molecule has 0 amide bonds. The van der Waals surface area contributed by atoms with Gasteiger partial charge in [-0.05, 0) is 13.3 Å². The van der Waals surface area contributed by atoms with Crippen molar-refractivity contribution >= 4 is 0 Å². The molecule has 0 saturated carbocycles. The van der Waals surface area contributed by atoms with E-state index in [1.807, 2.05) is 0 Å². The topological polar surface area (TPSA) is 86.7 Å². The minimum absolute atomic E-state index is 0.330. The lowest BCUT2D eigenvalue weighted by Crippen LogP contribution is -2.56. The largest absolute Gasteiger partial charge is 0.394 e. The Balaban J connectivity index is 3.36. The molecule has 146 valence electrons. The van der Waals surface area contributed by atoms with Crippen LogP contribution in [0.4, 0.5) is 0 Å². The Morgan fingerprint density at radius 2 is 1.12 bits per heavy atom. The average Bonchev–Trinajstić information content (AvgIpc) is 2.58. The van der Waals surface area contributed by atoms with Crippen LogP contribution in [0.2, 0.25) is 0 Å². The molecule has 0 aromatic rings. The van der Waals surface area contributed by atoms with Crippen molar-refractivity contribution in [3.63, 3.8) is 0 Å². The van der Waals surface area contributed by atoms with Gasteiger partial charge in [-0.3, -0.25) is 0 Å². The lowest BCUT2D eigenvalue weighted by molar-refractivity contribution is -0.0435. The SMILES string of the molecule is CCCCCCCCCCCCCCC[C@@H](O)[C@@H](O)[C@@](C)(N)CO. The first-order valence-electron chi connectivity index (χ1n) is 10.2. The number of aliphatic hydroxyl groups is 3. The van der Waals surface area contributed by atoms with E-state index in [-0.39, 0.29) is 6.61 Å². The summed E-state index contributed by atoms with van der Waals surface area (Å²) < 4.78 is 0. The molecule has 24 heavy (non-hydrogen) atoms. The zero-order chi connectivity index (χ0) is 18.3. The first-order chi connectivity index (χ1) is 11.5. The van der Waals surface area contributed by atoms with Crippen LogP contribution in [0.1, 0.15) is 104 Å². The maximum atomic E-state index is 9.92. The molecule has 0 unspecified atom stereocenters. The smallest absolute Gasteiger partial charge is 0.0997 e. The third-order valence-electron chi connectivity index (χ3n) is 4.98. The first kappa shape index (κ1) is 23.8. The maximum absolute atomic E-state index is 9.92. The average molecular weight is 346 g/mol. The van der Waals surface area contributed by atoms with Crippen LogP contribution in [0.25, 0.3) is 0 Å². The van der Waals surface area contributed by atoms with Crippen LogP contribution < -0.4 is 5.73 Å². The third kappa shape index (κ3) is 12.2. The molecule has 0 saturated heterocycles. The molecule has 0 aliphatic heterocycles. The van der Waals surface area contributed by atoms with E-state index >= 15 is 0 Å². The number of unbranched alkanes of at least 4 members (excludes halogenated alkanes) is 12. The summed E-state index contributed by atoms with van der Waals surface area (Å²) in [6.07, 6.45) is 15.4. The molecular weight excluding hydrogens is 302 g/mol. The van der Waals surface area contributed by atoms with E-state index < -0.39 is 17.7 Å². The van der Waals surface area contributed by atoms with Gasteiger partial charge in [0.25, 0.3) is 0 Å². The Morgan fingerprint density at radius 1 is 0.750 bits per heavy atom. The molecule has 0 spiro atoms. The van der Waals surface area contributed by atoms with Gasteiger partial charge >= 0.3 is 0 Å². The van der Waals surface area contributed by atoms with E-state index in [4.69, 9.17) is 10.8 Å². The van der Waals surface area contributed by atoms with Gasteiger partial charge in [-0.15, -0.1) is 0 Å². The lowest BCUT2D eigenvalue weighted by Gasteiger charge is -2.31. The summed E-state index contributed by atoms with van der Waals surface area (Å²) in [4.78, 5) is 0. The minimum Gasteiger partial charge on any atom is -0.394 e. The predicted molar refractivity (Wildman–Crippen MR) is 102 cm³/mol. The van der Waals surface area contributed by atoms with Crippen molar-refractivity contribution in [2.75, 3.05) is 6.61 Å². The molecule has 4 heteroatoms. The van der Waals surface area contributed by atoms with Crippen LogP contribution in [-0.4, -0.2) is 39.7 Å². The molecule has 0 aromatic heterocycles. The van der Waals surface area contributed by atoms with Crippen LogP contribution in [-0.2, 0) is 0 Å². The van der Waals surface area contributed by atoms with Crippen molar-refractivity contribution in [3.8, 4) is 0 Å². The van der Waals surface area contributed by atoms with Gasteiger partial charge < -0.3 is 21.1 Å². The Bertz CT molecular complexity index is 272. The Hall–Kier alpha value is -0.160. The normalized spacial score (nSPS) is 16.8. The van der Waals surface area contributed by atoms with Crippen molar-refractivity contribution < 1.29 is 15.3 Å². The standard InChI is InChI=1S/C20H43NO3/c1-3-4-5-6-7-8-9-10-11-12-13-14-15-16-18(23)19(24)20(2,21)17-22/h18-19,22-24H,3-17,21H2,1-2H3/t18-,19-,20+/m1/s1. The molecule has 3 atom stereocenters. The van der Waals surface area contributed by atoms with Crippen molar-refractivity contribution in [3.05, 3.63) is 0 Å². The Labute approximate surface area is 149 Å². The second kappa shape index (κ2) is 15.1. The highest BCUT2D eigenvalue weighted by Gasteiger charge is 2.32. The number of aliphatic hydroxyl groups excluding tert-OH is 3. The monoisotopic (exact) mass is 345 g/mol.